The van der Waals surface area contributed by atoms with Crippen molar-refractivity contribution in [2.75, 3.05) is 26.9 Å². The Morgan fingerprint density at radius 3 is 1.81 bits per heavy atom. The average Bonchev–Trinajstić information content (AvgIpc) is 3.19. The minimum Gasteiger partial charge on any atom is -0.494 e. The second-order valence-electron chi connectivity index (χ2n) is 19.0. The van der Waals surface area contributed by atoms with Gasteiger partial charge in [0, 0.05) is 49.6 Å². The maximum atomic E-state index is 12.9. The molecule has 1 aromatic carbocycles. The molecule has 8 heteroatoms. The van der Waals surface area contributed by atoms with Gasteiger partial charge in [-0.25, -0.2) is 4.98 Å². The van der Waals surface area contributed by atoms with Gasteiger partial charge in [0.2, 0.25) is 16.8 Å². The van der Waals surface area contributed by atoms with Crippen LogP contribution in [-0.2, 0) is 20.9 Å². The topological polar surface area (TPSA) is 93.4 Å². The molecule has 0 radical (unpaired) electrons. The lowest BCUT2D eigenvalue weighted by molar-refractivity contribution is -0.685. The van der Waals surface area contributed by atoms with E-state index in [-0.39, 0.29) is 23.3 Å². The molecule has 0 bridgehead atoms. The third kappa shape index (κ3) is 19.9. The van der Waals surface area contributed by atoms with Crippen LogP contribution in [0.4, 0.5) is 0 Å². The third-order valence-corrected chi connectivity index (χ3v) is 11.4. The first-order valence-electron chi connectivity index (χ1n) is 23.6. The van der Waals surface area contributed by atoms with Gasteiger partial charge >= 0.3 is 0 Å². The molecule has 328 valence electrons. The quantitative estimate of drug-likeness (QED) is 0.0565. The fourth-order valence-electron chi connectivity index (χ4n) is 8.14. The van der Waals surface area contributed by atoms with Crippen molar-refractivity contribution in [3.8, 4) is 5.75 Å². The standard InChI is InChI=1S/C50H84N4O4/c1-49(2,3)48(56)42(53-50(4,5)6)35-36-46(55)51-37-26-20-16-12-8-10-14-18-22-28-39-58-40-29-23-19-15-11-9-13-17-21-27-38-54-43-32-25-24-31-41(43)52-47-44(54)33-30-34-45(47)57-7/h30-34,42,53H,8-29,35-40H2,1-7H3/p+1. The summed E-state index contributed by atoms with van der Waals surface area (Å²) in [7, 11) is 1.74. The van der Waals surface area contributed by atoms with Crippen LogP contribution in [0.2, 0.25) is 0 Å². The number of hydrogen-bond donors (Lipinski definition) is 2. The number of Topliss-reactive ketones (excluding diaryl/α,β-unsaturated/α-hetero) is 1. The van der Waals surface area contributed by atoms with Crippen LogP contribution in [-0.4, -0.2) is 55.1 Å². The molecule has 1 heterocycles. The second kappa shape index (κ2) is 27.8. The van der Waals surface area contributed by atoms with E-state index in [4.69, 9.17) is 14.5 Å². The highest BCUT2D eigenvalue weighted by Crippen LogP contribution is 2.22. The minimum atomic E-state index is -0.425. The van der Waals surface area contributed by atoms with Crippen molar-refractivity contribution in [3.05, 3.63) is 28.9 Å². The van der Waals surface area contributed by atoms with Crippen LogP contribution in [0.3, 0.4) is 0 Å². The molecule has 0 saturated carbocycles. The zero-order chi connectivity index (χ0) is 42.1. The molecule has 1 aliphatic rings. The normalized spacial score (nSPS) is 13.5. The first-order valence-corrected chi connectivity index (χ1v) is 23.6. The number of hydrogen-bond acceptors (Lipinski definition) is 6. The maximum Gasteiger partial charge on any atom is 0.235 e. The average molecular weight is 806 g/mol. The summed E-state index contributed by atoms with van der Waals surface area (Å²) in [6.45, 7) is 15.7. The summed E-state index contributed by atoms with van der Waals surface area (Å²) in [4.78, 5) is 30.3. The molecule has 58 heavy (non-hydrogen) atoms. The number of nitrogens with one attached hydrogen (secondary N) is 2. The van der Waals surface area contributed by atoms with Crippen molar-refractivity contribution >= 4 is 34.9 Å². The van der Waals surface area contributed by atoms with E-state index < -0.39 is 5.41 Å². The number of para-hydroxylation sites is 1. The molecule has 0 aliphatic heterocycles. The van der Waals surface area contributed by atoms with Crippen molar-refractivity contribution in [2.24, 2.45) is 5.41 Å². The Morgan fingerprint density at radius 2 is 1.26 bits per heavy atom. The van der Waals surface area contributed by atoms with Crippen LogP contribution >= 0.6 is 0 Å². The molecular weight excluding hydrogens is 721 g/mol. The summed E-state index contributed by atoms with van der Waals surface area (Å²) in [6, 6.07) is 5.99. The Morgan fingerprint density at radius 1 is 0.724 bits per heavy atom. The van der Waals surface area contributed by atoms with Gasteiger partial charge < -0.3 is 20.1 Å². The smallest absolute Gasteiger partial charge is 0.235 e. The number of nitrogens with zero attached hydrogens (tertiary/aromatic N) is 2. The first kappa shape index (κ1) is 49.5. The summed E-state index contributed by atoms with van der Waals surface area (Å²) in [5.74, 6) is 1.08. The molecule has 2 aromatic rings. The Balaban J connectivity index is 1.04. The van der Waals surface area contributed by atoms with Gasteiger partial charge in [0.1, 0.15) is 11.9 Å². The van der Waals surface area contributed by atoms with Crippen LogP contribution in [0.5, 0.6) is 5.75 Å². The van der Waals surface area contributed by atoms with Gasteiger partial charge in [0.15, 0.2) is 17.0 Å². The predicted molar refractivity (Wildman–Crippen MR) is 242 cm³/mol. The number of aryl methyl sites for hydroxylation is 1. The van der Waals surface area contributed by atoms with Crippen LogP contribution in [0.15, 0.2) is 18.2 Å². The lowest BCUT2D eigenvalue weighted by Gasteiger charge is -2.31. The Labute approximate surface area is 353 Å². The number of amides is 1. The van der Waals surface area contributed by atoms with Crippen molar-refractivity contribution in [1.82, 2.24) is 15.6 Å². The zero-order valence-corrected chi connectivity index (χ0v) is 38.3. The van der Waals surface area contributed by atoms with E-state index >= 15 is 0 Å². The summed E-state index contributed by atoms with van der Waals surface area (Å²) in [6.07, 6.45) is 33.3. The van der Waals surface area contributed by atoms with E-state index in [1.54, 1.807) is 7.11 Å². The largest absolute Gasteiger partial charge is 0.494 e. The number of fused-ring (bicyclic) bond motifs is 2. The summed E-state index contributed by atoms with van der Waals surface area (Å²) in [5, 5.41) is 8.88. The van der Waals surface area contributed by atoms with E-state index in [2.05, 4.69) is 60.3 Å². The number of carbonyl (C=O) groups is 2. The molecule has 2 N–H and O–H groups in total. The van der Waals surface area contributed by atoms with Gasteiger partial charge in [-0.05, 0) is 77.9 Å². The Hall–Kier alpha value is -2.84. The summed E-state index contributed by atoms with van der Waals surface area (Å²) < 4.78 is 14.0. The Kier molecular flexibility index (Phi) is 23.8. The zero-order valence-electron chi connectivity index (χ0n) is 38.3. The van der Waals surface area contributed by atoms with E-state index in [9.17, 15) is 9.59 Å². The molecule has 0 spiro atoms. The first-order chi connectivity index (χ1) is 27.9. The van der Waals surface area contributed by atoms with Gasteiger partial charge in [-0.3, -0.25) is 9.59 Å². The highest BCUT2D eigenvalue weighted by molar-refractivity contribution is 5.89. The molecule has 1 unspecified atom stereocenters. The van der Waals surface area contributed by atoms with Gasteiger partial charge in [-0.15, -0.1) is 0 Å². The summed E-state index contributed by atoms with van der Waals surface area (Å²) in [5.41, 5.74) is 1.56. The van der Waals surface area contributed by atoms with Gasteiger partial charge in [0.05, 0.1) is 13.2 Å². The molecule has 0 saturated heterocycles. The van der Waals surface area contributed by atoms with E-state index in [0.717, 1.165) is 68.6 Å². The third-order valence-electron chi connectivity index (χ3n) is 11.4. The summed E-state index contributed by atoms with van der Waals surface area (Å²) >= 11 is 0. The number of unbranched alkanes of at least 4 members (excludes halogenated alkanes) is 18. The van der Waals surface area contributed by atoms with Crippen LogP contribution < -0.4 is 30.6 Å². The number of methoxy groups -OCH3 is 1. The van der Waals surface area contributed by atoms with Crippen molar-refractivity contribution in [1.29, 1.82) is 0 Å². The molecule has 1 aromatic heterocycles. The molecule has 1 amide bonds. The number of rotatable bonds is 32. The number of benzene rings is 1. The molecule has 3 rings (SSSR count). The van der Waals surface area contributed by atoms with Gasteiger partial charge in [0.25, 0.3) is 0 Å². The molecule has 1 aliphatic carbocycles. The minimum absolute atomic E-state index is 0.0524. The highest BCUT2D eigenvalue weighted by atomic mass is 16.5. The number of ketones is 1. The number of aromatic nitrogens is 2. The van der Waals surface area contributed by atoms with E-state index in [1.165, 1.54) is 126 Å². The lowest BCUT2D eigenvalue weighted by Crippen LogP contribution is -2.59. The van der Waals surface area contributed by atoms with Crippen LogP contribution in [0.25, 0.3) is 23.2 Å². The van der Waals surface area contributed by atoms with E-state index in [0.29, 0.717) is 12.8 Å². The molecule has 0 fully saturated rings. The molecular formula is C50H85N4O4+. The predicted octanol–water partition coefficient (Wildman–Crippen LogP) is 9.97. The fourth-order valence-corrected chi connectivity index (χ4v) is 8.14. The Bertz CT molecular complexity index is 1590. The second-order valence-corrected chi connectivity index (χ2v) is 19.0. The number of carbonyl (C=O) groups excluding carboxylic acids is 2. The maximum absolute atomic E-state index is 12.9. The van der Waals surface area contributed by atoms with Crippen molar-refractivity contribution in [3.63, 3.8) is 0 Å². The van der Waals surface area contributed by atoms with Crippen molar-refractivity contribution < 1.29 is 23.6 Å². The number of ether oxygens (including phenoxy) is 2. The van der Waals surface area contributed by atoms with Crippen LogP contribution in [0.1, 0.15) is 196 Å². The lowest BCUT2D eigenvalue weighted by atomic mass is 9.84. The molecule has 8 nitrogen and oxygen atoms in total. The monoisotopic (exact) mass is 806 g/mol. The van der Waals surface area contributed by atoms with Crippen LogP contribution in [0, 0.1) is 5.41 Å². The van der Waals surface area contributed by atoms with Gasteiger partial charge in [-0.2, -0.15) is 4.57 Å². The van der Waals surface area contributed by atoms with E-state index in [1.807, 2.05) is 26.8 Å². The fraction of sp³-hybridized carbons (Fsp3) is 0.760. The molecule has 1 atom stereocenters. The highest BCUT2D eigenvalue weighted by Gasteiger charge is 2.32. The SMILES string of the molecule is COc1cccc2c1nc1c([n+]2CCCCCCCCCCCCOCCCCCCCCCCCCNC(=O)CCC(NC(C)(C)C)C(=O)C(C)(C)C)=CCCC=1. The van der Waals surface area contributed by atoms with Gasteiger partial charge in [-0.1, -0.05) is 129 Å². The van der Waals surface area contributed by atoms with Crippen molar-refractivity contribution in [2.45, 2.75) is 214 Å².